The summed E-state index contributed by atoms with van der Waals surface area (Å²) < 4.78 is 11.7. The highest BCUT2D eigenvalue weighted by molar-refractivity contribution is 6.39. The van der Waals surface area contributed by atoms with Gasteiger partial charge in [-0.2, -0.15) is 0 Å². The zero-order chi connectivity index (χ0) is 24.9. The molecule has 7 heteroatoms. The molecule has 1 saturated heterocycles. The molecule has 7 nitrogen and oxygen atoms in total. The summed E-state index contributed by atoms with van der Waals surface area (Å²) in [6.45, 7) is 6.53. The molecule has 0 spiro atoms. The minimum atomic E-state index is -0.780. The van der Waals surface area contributed by atoms with Crippen LogP contribution in [0.4, 0.5) is 10.5 Å². The van der Waals surface area contributed by atoms with Crippen LogP contribution in [-0.2, 0) is 16.2 Å². The number of hydrogen-bond donors (Lipinski definition) is 1. The van der Waals surface area contributed by atoms with Gasteiger partial charge in [0.05, 0.1) is 12.3 Å². The Labute approximate surface area is 204 Å². The molecule has 1 heterocycles. The molecule has 0 bridgehead atoms. The van der Waals surface area contributed by atoms with E-state index in [0.29, 0.717) is 36.0 Å². The third kappa shape index (κ3) is 5.41. The summed E-state index contributed by atoms with van der Waals surface area (Å²) in [5.74, 6) is -0.404. The van der Waals surface area contributed by atoms with E-state index in [0.717, 1.165) is 16.0 Å². The van der Waals surface area contributed by atoms with Gasteiger partial charge in [0.15, 0.2) is 11.5 Å². The SMILES string of the molecule is CCOc1cc(/C=C2\C(=O)NC(=O)N(c3cccc(C)c3)C2=O)ccc1OCc1ccc(C)cc1. The Morgan fingerprint density at radius 2 is 1.63 bits per heavy atom. The monoisotopic (exact) mass is 470 g/mol. The van der Waals surface area contributed by atoms with Crippen LogP contribution in [0.2, 0.25) is 0 Å². The maximum atomic E-state index is 13.1. The molecule has 4 amide bonds. The van der Waals surface area contributed by atoms with Gasteiger partial charge < -0.3 is 9.47 Å². The van der Waals surface area contributed by atoms with Gasteiger partial charge in [0.1, 0.15) is 12.2 Å². The maximum absolute atomic E-state index is 13.1. The highest BCUT2D eigenvalue weighted by atomic mass is 16.5. The Balaban J connectivity index is 1.61. The largest absolute Gasteiger partial charge is 0.490 e. The van der Waals surface area contributed by atoms with Crippen molar-refractivity contribution in [2.75, 3.05) is 11.5 Å². The summed E-state index contributed by atoms with van der Waals surface area (Å²) in [4.78, 5) is 39.1. The van der Waals surface area contributed by atoms with Crippen molar-refractivity contribution in [3.8, 4) is 11.5 Å². The standard InChI is InChI=1S/C28H26N2O5/c1-4-34-25-16-21(12-13-24(25)35-17-20-10-8-18(2)9-11-20)15-23-26(31)29-28(33)30(27(23)32)22-7-5-6-19(3)14-22/h5-16H,4,17H2,1-3H3,(H,29,31,33)/b23-15+. The molecule has 0 aromatic heterocycles. The summed E-state index contributed by atoms with van der Waals surface area (Å²) in [6.07, 6.45) is 1.44. The van der Waals surface area contributed by atoms with E-state index in [4.69, 9.17) is 9.47 Å². The molecule has 1 aliphatic heterocycles. The molecule has 3 aromatic rings. The van der Waals surface area contributed by atoms with Gasteiger partial charge in [-0.3, -0.25) is 14.9 Å². The summed E-state index contributed by atoms with van der Waals surface area (Å²) in [6, 6.07) is 19.4. The molecule has 0 atom stereocenters. The molecule has 1 fully saturated rings. The molecule has 0 unspecified atom stereocenters. The van der Waals surface area contributed by atoms with E-state index >= 15 is 0 Å². The number of carbonyl (C=O) groups is 3. The summed E-state index contributed by atoms with van der Waals surface area (Å²) in [5.41, 5.74) is 3.88. The molecule has 0 radical (unpaired) electrons. The Morgan fingerprint density at radius 1 is 0.857 bits per heavy atom. The van der Waals surface area contributed by atoms with Crippen molar-refractivity contribution >= 4 is 29.6 Å². The highest BCUT2D eigenvalue weighted by Crippen LogP contribution is 2.31. The molecule has 4 rings (SSSR count). The Hall–Kier alpha value is -4.39. The zero-order valence-electron chi connectivity index (χ0n) is 19.8. The second-order valence-corrected chi connectivity index (χ2v) is 8.21. The van der Waals surface area contributed by atoms with Crippen molar-refractivity contribution in [2.24, 2.45) is 0 Å². The second kappa shape index (κ2) is 10.3. The van der Waals surface area contributed by atoms with Crippen LogP contribution in [0.5, 0.6) is 11.5 Å². The number of barbiturate groups is 1. The fraction of sp³-hybridized carbons (Fsp3) is 0.179. The fourth-order valence-electron chi connectivity index (χ4n) is 3.67. The number of aryl methyl sites for hydroxylation is 2. The average Bonchev–Trinajstić information content (AvgIpc) is 2.82. The minimum Gasteiger partial charge on any atom is -0.490 e. The number of anilines is 1. The van der Waals surface area contributed by atoms with Gasteiger partial charge in [-0.1, -0.05) is 48.0 Å². The normalized spacial score (nSPS) is 14.8. The smallest absolute Gasteiger partial charge is 0.335 e. The fourth-order valence-corrected chi connectivity index (χ4v) is 3.67. The lowest BCUT2D eigenvalue weighted by atomic mass is 10.1. The van der Waals surface area contributed by atoms with Gasteiger partial charge in [-0.05, 0) is 67.8 Å². The van der Waals surface area contributed by atoms with Crippen LogP contribution in [-0.4, -0.2) is 24.5 Å². The number of nitrogens with one attached hydrogen (secondary N) is 1. The van der Waals surface area contributed by atoms with Crippen LogP contribution in [0.15, 0.2) is 72.3 Å². The maximum Gasteiger partial charge on any atom is 0.335 e. The van der Waals surface area contributed by atoms with Crippen LogP contribution in [0, 0.1) is 13.8 Å². The first-order chi connectivity index (χ1) is 16.9. The number of hydrogen-bond acceptors (Lipinski definition) is 5. The van der Waals surface area contributed by atoms with Crippen LogP contribution in [0.1, 0.15) is 29.2 Å². The Morgan fingerprint density at radius 3 is 2.34 bits per heavy atom. The number of imide groups is 2. The van der Waals surface area contributed by atoms with Gasteiger partial charge >= 0.3 is 6.03 Å². The van der Waals surface area contributed by atoms with Crippen LogP contribution in [0.25, 0.3) is 6.08 Å². The number of urea groups is 1. The van der Waals surface area contributed by atoms with Crippen LogP contribution < -0.4 is 19.7 Å². The number of carbonyl (C=O) groups excluding carboxylic acids is 3. The van der Waals surface area contributed by atoms with Gasteiger partial charge in [-0.15, -0.1) is 0 Å². The van der Waals surface area contributed by atoms with E-state index < -0.39 is 17.8 Å². The van der Waals surface area contributed by atoms with Crippen LogP contribution >= 0.6 is 0 Å². The Bertz CT molecular complexity index is 1310. The minimum absolute atomic E-state index is 0.151. The summed E-state index contributed by atoms with van der Waals surface area (Å²) in [7, 11) is 0. The number of rotatable bonds is 7. The number of ether oxygens (including phenoxy) is 2. The van der Waals surface area contributed by atoms with Gasteiger partial charge in [0.25, 0.3) is 11.8 Å². The van der Waals surface area contributed by atoms with E-state index in [9.17, 15) is 14.4 Å². The molecule has 35 heavy (non-hydrogen) atoms. The quantitative estimate of drug-likeness (QED) is 0.390. The Kier molecular flexibility index (Phi) is 6.96. The van der Waals surface area contributed by atoms with E-state index in [1.54, 1.807) is 36.4 Å². The first-order valence-electron chi connectivity index (χ1n) is 11.3. The van der Waals surface area contributed by atoms with Gasteiger partial charge in [0, 0.05) is 0 Å². The van der Waals surface area contributed by atoms with E-state index in [1.165, 1.54) is 11.6 Å². The van der Waals surface area contributed by atoms with Crippen molar-refractivity contribution in [2.45, 2.75) is 27.4 Å². The van der Waals surface area contributed by atoms with Crippen molar-refractivity contribution < 1.29 is 23.9 Å². The van der Waals surface area contributed by atoms with Gasteiger partial charge in [0.2, 0.25) is 0 Å². The third-order valence-corrected chi connectivity index (χ3v) is 5.46. The number of amides is 4. The lowest BCUT2D eigenvalue weighted by Crippen LogP contribution is -2.54. The van der Waals surface area contributed by atoms with Crippen molar-refractivity contribution in [3.63, 3.8) is 0 Å². The summed E-state index contributed by atoms with van der Waals surface area (Å²) >= 11 is 0. The zero-order valence-corrected chi connectivity index (χ0v) is 19.8. The van der Waals surface area contributed by atoms with Crippen molar-refractivity contribution in [3.05, 3.63) is 94.6 Å². The summed E-state index contributed by atoms with van der Waals surface area (Å²) in [5, 5.41) is 2.24. The molecule has 1 aliphatic rings. The predicted octanol–water partition coefficient (Wildman–Crippen LogP) is 4.95. The molecular weight excluding hydrogens is 444 g/mol. The van der Waals surface area contributed by atoms with Crippen molar-refractivity contribution in [1.29, 1.82) is 0 Å². The second-order valence-electron chi connectivity index (χ2n) is 8.21. The van der Waals surface area contributed by atoms with E-state index in [1.807, 2.05) is 51.1 Å². The van der Waals surface area contributed by atoms with Crippen LogP contribution in [0.3, 0.4) is 0 Å². The number of nitrogens with zero attached hydrogens (tertiary/aromatic N) is 1. The predicted molar refractivity (Wildman–Crippen MR) is 133 cm³/mol. The first-order valence-corrected chi connectivity index (χ1v) is 11.3. The first kappa shape index (κ1) is 23.8. The molecule has 3 aromatic carbocycles. The number of benzene rings is 3. The lowest BCUT2D eigenvalue weighted by molar-refractivity contribution is -0.122. The lowest BCUT2D eigenvalue weighted by Gasteiger charge is -2.26. The average molecular weight is 471 g/mol. The molecule has 0 aliphatic carbocycles. The molecule has 0 saturated carbocycles. The molecular formula is C28H26N2O5. The highest BCUT2D eigenvalue weighted by Gasteiger charge is 2.36. The topological polar surface area (TPSA) is 84.9 Å². The molecule has 178 valence electrons. The van der Waals surface area contributed by atoms with E-state index in [2.05, 4.69) is 5.32 Å². The third-order valence-electron chi connectivity index (χ3n) is 5.46. The van der Waals surface area contributed by atoms with Gasteiger partial charge in [-0.25, -0.2) is 9.69 Å². The molecule has 1 N–H and O–H groups in total. The van der Waals surface area contributed by atoms with Crippen molar-refractivity contribution in [1.82, 2.24) is 5.32 Å². The van der Waals surface area contributed by atoms with E-state index in [-0.39, 0.29) is 5.57 Å².